The number of hydrogen-bond donors (Lipinski definition) is 1. The van der Waals surface area contributed by atoms with Gasteiger partial charge in [-0.3, -0.25) is 4.79 Å². The summed E-state index contributed by atoms with van der Waals surface area (Å²) in [4.78, 5) is 24.6. The fraction of sp³-hybridized carbons (Fsp3) is 0.562. The van der Waals surface area contributed by atoms with Crippen molar-refractivity contribution in [1.29, 1.82) is 5.26 Å². The lowest BCUT2D eigenvalue weighted by Gasteiger charge is -2.20. The van der Waals surface area contributed by atoms with Crippen LogP contribution in [0.15, 0.2) is 0 Å². The number of nitrogens with one attached hydrogen (secondary N) is 1. The van der Waals surface area contributed by atoms with Gasteiger partial charge < -0.3 is 10.1 Å². The average molecular weight is 320 g/mol. The van der Waals surface area contributed by atoms with E-state index in [1.54, 1.807) is 13.8 Å². The number of thiophene rings is 1. The molecule has 2 rings (SSSR count). The summed E-state index contributed by atoms with van der Waals surface area (Å²) in [5.74, 6) is -0.485. The Morgan fingerprint density at radius 2 is 2.05 bits per heavy atom. The number of rotatable bonds is 4. The zero-order chi connectivity index (χ0) is 16.1. The number of amides is 1. The summed E-state index contributed by atoms with van der Waals surface area (Å²) in [6, 6.07) is 2.08. The Kier molecular flexibility index (Phi) is 5.56. The van der Waals surface area contributed by atoms with Gasteiger partial charge in [0.1, 0.15) is 15.9 Å². The summed E-state index contributed by atoms with van der Waals surface area (Å²) >= 11 is 1.12. The van der Waals surface area contributed by atoms with Crippen molar-refractivity contribution < 1.29 is 14.3 Å². The van der Waals surface area contributed by atoms with Crippen LogP contribution in [0.25, 0.3) is 0 Å². The Morgan fingerprint density at radius 3 is 2.64 bits per heavy atom. The number of ether oxygens (including phenoxy) is 1. The standard InChI is InChI=1S/C16H20N2O3S/c1-3-21-16(20)13-10(2)12(9-17)15(22-13)18-14(19)11-7-5-4-6-8-11/h11H,3-8H2,1-2H3,(H,18,19). The van der Waals surface area contributed by atoms with E-state index in [-0.39, 0.29) is 18.4 Å². The van der Waals surface area contributed by atoms with E-state index in [0.717, 1.165) is 37.0 Å². The van der Waals surface area contributed by atoms with Crippen LogP contribution in [-0.4, -0.2) is 18.5 Å². The monoisotopic (exact) mass is 320 g/mol. The van der Waals surface area contributed by atoms with E-state index in [9.17, 15) is 14.9 Å². The molecule has 1 heterocycles. The zero-order valence-electron chi connectivity index (χ0n) is 12.9. The summed E-state index contributed by atoms with van der Waals surface area (Å²) in [6.07, 6.45) is 5.10. The smallest absolute Gasteiger partial charge is 0.348 e. The first-order chi connectivity index (χ1) is 10.6. The summed E-state index contributed by atoms with van der Waals surface area (Å²) in [5.41, 5.74) is 0.933. The molecule has 118 valence electrons. The Morgan fingerprint density at radius 1 is 1.36 bits per heavy atom. The number of carbonyl (C=O) groups excluding carboxylic acids is 2. The van der Waals surface area contributed by atoms with Crippen LogP contribution in [0.3, 0.4) is 0 Å². The second-order valence-corrected chi connectivity index (χ2v) is 6.44. The Bertz CT molecular complexity index is 610. The fourth-order valence-electron chi connectivity index (χ4n) is 2.71. The van der Waals surface area contributed by atoms with Crippen molar-refractivity contribution in [3.8, 4) is 6.07 Å². The van der Waals surface area contributed by atoms with Crippen molar-refractivity contribution in [2.75, 3.05) is 11.9 Å². The second-order valence-electron chi connectivity index (χ2n) is 5.42. The third-order valence-corrected chi connectivity index (χ3v) is 5.12. The quantitative estimate of drug-likeness (QED) is 0.859. The summed E-state index contributed by atoms with van der Waals surface area (Å²) in [5, 5.41) is 12.6. The van der Waals surface area contributed by atoms with Crippen LogP contribution in [0, 0.1) is 24.2 Å². The molecule has 1 fully saturated rings. The molecular formula is C16H20N2O3S. The van der Waals surface area contributed by atoms with Crippen LogP contribution in [0.2, 0.25) is 0 Å². The van der Waals surface area contributed by atoms with Gasteiger partial charge in [-0.05, 0) is 32.3 Å². The van der Waals surface area contributed by atoms with Crippen LogP contribution in [0.5, 0.6) is 0 Å². The lowest BCUT2D eigenvalue weighted by atomic mass is 9.89. The van der Waals surface area contributed by atoms with Gasteiger partial charge in [-0.15, -0.1) is 11.3 Å². The highest BCUT2D eigenvalue weighted by Crippen LogP contribution is 2.34. The van der Waals surface area contributed by atoms with E-state index in [0.29, 0.717) is 21.0 Å². The molecule has 0 aliphatic heterocycles. The Hall–Kier alpha value is -1.87. The predicted octanol–water partition coefficient (Wildman–Crippen LogP) is 3.62. The molecule has 0 saturated heterocycles. The van der Waals surface area contributed by atoms with Gasteiger partial charge >= 0.3 is 5.97 Å². The maximum absolute atomic E-state index is 12.3. The zero-order valence-corrected chi connectivity index (χ0v) is 13.7. The van der Waals surface area contributed by atoms with Crippen LogP contribution in [-0.2, 0) is 9.53 Å². The van der Waals surface area contributed by atoms with Crippen LogP contribution in [0.4, 0.5) is 5.00 Å². The molecule has 1 N–H and O–H groups in total. The van der Waals surface area contributed by atoms with Crippen LogP contribution >= 0.6 is 11.3 Å². The first-order valence-electron chi connectivity index (χ1n) is 7.60. The molecule has 1 saturated carbocycles. The maximum Gasteiger partial charge on any atom is 0.348 e. The molecule has 0 unspecified atom stereocenters. The number of carbonyl (C=O) groups is 2. The highest BCUT2D eigenvalue weighted by molar-refractivity contribution is 7.18. The van der Waals surface area contributed by atoms with Gasteiger partial charge in [-0.25, -0.2) is 4.79 Å². The second kappa shape index (κ2) is 7.41. The topological polar surface area (TPSA) is 79.2 Å². The van der Waals surface area contributed by atoms with E-state index in [1.807, 2.05) is 0 Å². The molecule has 1 aliphatic rings. The van der Waals surface area contributed by atoms with Crippen molar-refractivity contribution in [2.45, 2.75) is 46.0 Å². The van der Waals surface area contributed by atoms with Crippen molar-refractivity contribution in [2.24, 2.45) is 5.92 Å². The van der Waals surface area contributed by atoms with Gasteiger partial charge in [0.05, 0.1) is 12.2 Å². The number of nitriles is 1. The van der Waals surface area contributed by atoms with Crippen molar-refractivity contribution >= 4 is 28.2 Å². The molecule has 0 atom stereocenters. The molecule has 0 radical (unpaired) electrons. The van der Waals surface area contributed by atoms with Gasteiger partial charge in [0.15, 0.2) is 0 Å². The predicted molar refractivity (Wildman–Crippen MR) is 84.9 cm³/mol. The van der Waals surface area contributed by atoms with Crippen LogP contribution < -0.4 is 5.32 Å². The lowest BCUT2D eigenvalue weighted by Crippen LogP contribution is -2.24. The molecule has 1 amide bonds. The fourth-order valence-corrected chi connectivity index (χ4v) is 3.76. The normalized spacial score (nSPS) is 15.1. The maximum atomic E-state index is 12.3. The van der Waals surface area contributed by atoms with Gasteiger partial charge in [-0.2, -0.15) is 5.26 Å². The van der Waals surface area contributed by atoms with Gasteiger partial charge in [0.2, 0.25) is 5.91 Å². The van der Waals surface area contributed by atoms with Crippen molar-refractivity contribution in [3.05, 3.63) is 16.0 Å². The molecule has 0 spiro atoms. The highest BCUT2D eigenvalue weighted by atomic mass is 32.1. The van der Waals surface area contributed by atoms with E-state index in [4.69, 9.17) is 4.74 Å². The summed E-state index contributed by atoms with van der Waals surface area (Å²) in [7, 11) is 0. The van der Waals surface area contributed by atoms with E-state index < -0.39 is 5.97 Å². The highest BCUT2D eigenvalue weighted by Gasteiger charge is 2.25. The van der Waals surface area contributed by atoms with Crippen molar-refractivity contribution in [3.63, 3.8) is 0 Å². The van der Waals surface area contributed by atoms with Gasteiger partial charge in [-0.1, -0.05) is 19.3 Å². The lowest BCUT2D eigenvalue weighted by molar-refractivity contribution is -0.120. The summed E-state index contributed by atoms with van der Waals surface area (Å²) in [6.45, 7) is 3.72. The molecule has 5 nitrogen and oxygen atoms in total. The molecular weight excluding hydrogens is 300 g/mol. The number of esters is 1. The van der Waals surface area contributed by atoms with E-state index in [1.165, 1.54) is 6.42 Å². The molecule has 6 heteroatoms. The molecule has 1 aromatic rings. The molecule has 1 aromatic heterocycles. The third kappa shape index (κ3) is 3.47. The average Bonchev–Trinajstić information content (AvgIpc) is 2.84. The van der Waals surface area contributed by atoms with Crippen molar-refractivity contribution in [1.82, 2.24) is 0 Å². The number of nitrogens with zero attached hydrogens (tertiary/aromatic N) is 1. The van der Waals surface area contributed by atoms with Gasteiger partial charge in [0.25, 0.3) is 0 Å². The molecule has 0 aromatic carbocycles. The van der Waals surface area contributed by atoms with E-state index in [2.05, 4.69) is 11.4 Å². The molecule has 1 aliphatic carbocycles. The van der Waals surface area contributed by atoms with Gasteiger partial charge in [0, 0.05) is 5.92 Å². The first-order valence-corrected chi connectivity index (χ1v) is 8.41. The molecule has 0 bridgehead atoms. The van der Waals surface area contributed by atoms with Crippen LogP contribution in [0.1, 0.15) is 59.8 Å². The minimum atomic E-state index is -0.445. The number of anilines is 1. The SMILES string of the molecule is CCOC(=O)c1sc(NC(=O)C2CCCCC2)c(C#N)c1C. The number of hydrogen-bond acceptors (Lipinski definition) is 5. The first kappa shape index (κ1) is 16.5. The minimum Gasteiger partial charge on any atom is -0.462 e. The largest absolute Gasteiger partial charge is 0.462 e. The minimum absolute atomic E-state index is 0.00809. The molecule has 22 heavy (non-hydrogen) atoms. The Labute approximate surface area is 134 Å². The summed E-state index contributed by atoms with van der Waals surface area (Å²) < 4.78 is 4.99. The Balaban J connectivity index is 2.19. The van der Waals surface area contributed by atoms with E-state index >= 15 is 0 Å². The third-order valence-electron chi connectivity index (χ3n) is 3.93.